The molecule has 0 fully saturated rings. The van der Waals surface area contributed by atoms with Crippen LogP contribution in [0.4, 0.5) is 4.39 Å². The summed E-state index contributed by atoms with van der Waals surface area (Å²) in [5.74, 6) is 0.909. The van der Waals surface area contributed by atoms with E-state index in [1.165, 1.54) is 23.8 Å². The Bertz CT molecular complexity index is 951. The number of hydrogen-bond donors (Lipinski definition) is 2. The van der Waals surface area contributed by atoms with Crippen molar-refractivity contribution in [2.75, 3.05) is 26.5 Å². The standard InChI is InChI=1S/C22H30FN3O3S.HI/c1-4-24-22(25-13-5-6-17-7-11-21(29-2)12-8-17)26-15-19-14-20(23)10-9-18(19)16-30(3,27)28;/h7-12,14H,4-6,13,15-16H2,1-3H3,(H2,24,25,26);1H. The van der Waals surface area contributed by atoms with Crippen LogP contribution >= 0.6 is 24.0 Å². The van der Waals surface area contributed by atoms with Crippen molar-refractivity contribution in [2.45, 2.75) is 32.1 Å². The SMILES string of the molecule is CCNC(=NCc1cc(F)ccc1CS(C)(=O)=O)NCCCc1ccc(OC)cc1.I. The lowest BCUT2D eigenvalue weighted by Crippen LogP contribution is -2.37. The van der Waals surface area contributed by atoms with Crippen LogP contribution in [0.3, 0.4) is 0 Å². The third-order valence-corrected chi connectivity index (χ3v) is 5.27. The second-order valence-corrected chi connectivity index (χ2v) is 9.20. The van der Waals surface area contributed by atoms with Gasteiger partial charge in [-0.05, 0) is 60.7 Å². The molecule has 0 bridgehead atoms. The molecule has 0 heterocycles. The van der Waals surface area contributed by atoms with Gasteiger partial charge in [-0.15, -0.1) is 24.0 Å². The highest BCUT2D eigenvalue weighted by atomic mass is 127. The molecule has 31 heavy (non-hydrogen) atoms. The number of hydrogen-bond acceptors (Lipinski definition) is 4. The lowest BCUT2D eigenvalue weighted by molar-refractivity contribution is 0.414. The van der Waals surface area contributed by atoms with Crippen molar-refractivity contribution in [3.63, 3.8) is 0 Å². The number of aliphatic imine (C=N–C) groups is 1. The Labute approximate surface area is 201 Å². The summed E-state index contributed by atoms with van der Waals surface area (Å²) in [6.45, 7) is 3.56. The second kappa shape index (κ2) is 13.5. The van der Waals surface area contributed by atoms with Crippen molar-refractivity contribution < 1.29 is 17.5 Å². The molecule has 0 spiro atoms. The molecule has 0 saturated carbocycles. The first kappa shape index (κ1) is 27.2. The zero-order chi connectivity index (χ0) is 22.0. The van der Waals surface area contributed by atoms with Crippen molar-refractivity contribution in [1.29, 1.82) is 0 Å². The smallest absolute Gasteiger partial charge is 0.191 e. The number of guanidine groups is 1. The fourth-order valence-electron chi connectivity index (χ4n) is 2.96. The van der Waals surface area contributed by atoms with Crippen LogP contribution in [0.15, 0.2) is 47.5 Å². The minimum atomic E-state index is -3.22. The Kier molecular flexibility index (Phi) is 11.8. The number of nitrogens with one attached hydrogen (secondary N) is 2. The van der Waals surface area contributed by atoms with Crippen LogP contribution in [-0.4, -0.2) is 40.8 Å². The zero-order valence-corrected chi connectivity index (χ0v) is 21.3. The van der Waals surface area contributed by atoms with E-state index in [0.29, 0.717) is 23.6 Å². The molecule has 2 N–H and O–H groups in total. The van der Waals surface area contributed by atoms with Gasteiger partial charge in [-0.2, -0.15) is 0 Å². The number of nitrogens with zero attached hydrogens (tertiary/aromatic N) is 1. The number of methoxy groups -OCH3 is 1. The maximum Gasteiger partial charge on any atom is 0.191 e. The number of ether oxygens (including phenoxy) is 1. The monoisotopic (exact) mass is 563 g/mol. The molecule has 2 rings (SSSR count). The van der Waals surface area contributed by atoms with Crippen molar-refractivity contribution in [2.24, 2.45) is 4.99 Å². The molecule has 6 nitrogen and oxygen atoms in total. The summed E-state index contributed by atoms with van der Waals surface area (Å²) in [7, 11) is -1.57. The van der Waals surface area contributed by atoms with Crippen LogP contribution in [0.5, 0.6) is 5.75 Å². The Morgan fingerprint density at radius 2 is 1.81 bits per heavy atom. The molecule has 0 atom stereocenters. The summed E-state index contributed by atoms with van der Waals surface area (Å²) >= 11 is 0. The summed E-state index contributed by atoms with van der Waals surface area (Å²) < 4.78 is 42.1. The van der Waals surface area contributed by atoms with Crippen LogP contribution in [0.1, 0.15) is 30.0 Å². The van der Waals surface area contributed by atoms with Gasteiger partial charge in [0.15, 0.2) is 15.8 Å². The Morgan fingerprint density at radius 3 is 2.42 bits per heavy atom. The molecule has 2 aromatic carbocycles. The van der Waals surface area contributed by atoms with Crippen LogP contribution < -0.4 is 15.4 Å². The van der Waals surface area contributed by atoms with Gasteiger partial charge in [-0.1, -0.05) is 18.2 Å². The Balaban J connectivity index is 0.00000480. The van der Waals surface area contributed by atoms with Crippen molar-refractivity contribution in [3.05, 3.63) is 65.0 Å². The third kappa shape index (κ3) is 10.3. The molecule has 172 valence electrons. The predicted octanol–water partition coefficient (Wildman–Crippen LogP) is 3.68. The second-order valence-electron chi connectivity index (χ2n) is 7.06. The van der Waals surface area contributed by atoms with Crippen molar-refractivity contribution in [3.8, 4) is 5.75 Å². The maximum atomic E-state index is 13.7. The van der Waals surface area contributed by atoms with E-state index in [1.54, 1.807) is 7.11 Å². The summed E-state index contributed by atoms with van der Waals surface area (Å²) in [4.78, 5) is 4.50. The third-order valence-electron chi connectivity index (χ3n) is 4.43. The quantitative estimate of drug-likeness (QED) is 0.200. The predicted molar refractivity (Wildman–Crippen MR) is 134 cm³/mol. The van der Waals surface area contributed by atoms with E-state index in [2.05, 4.69) is 15.6 Å². The highest BCUT2D eigenvalue weighted by Gasteiger charge is 2.11. The first-order valence-electron chi connectivity index (χ1n) is 9.91. The molecule has 0 radical (unpaired) electrons. The van der Waals surface area contributed by atoms with Crippen molar-refractivity contribution in [1.82, 2.24) is 10.6 Å². The Hall–Kier alpha value is -1.88. The molecule has 0 aliphatic rings. The molecular weight excluding hydrogens is 532 g/mol. The summed E-state index contributed by atoms with van der Waals surface area (Å²) in [5.41, 5.74) is 2.36. The normalized spacial score (nSPS) is 11.5. The van der Waals surface area contributed by atoms with Gasteiger partial charge >= 0.3 is 0 Å². The summed E-state index contributed by atoms with van der Waals surface area (Å²) in [6, 6.07) is 12.1. The minimum Gasteiger partial charge on any atom is -0.497 e. The van der Waals surface area contributed by atoms with Gasteiger partial charge in [-0.25, -0.2) is 17.8 Å². The minimum absolute atomic E-state index is 0. The van der Waals surface area contributed by atoms with Crippen LogP contribution in [0.2, 0.25) is 0 Å². The lowest BCUT2D eigenvalue weighted by Gasteiger charge is -2.12. The van der Waals surface area contributed by atoms with E-state index >= 15 is 0 Å². The number of aryl methyl sites for hydroxylation is 1. The Morgan fingerprint density at radius 1 is 1.10 bits per heavy atom. The number of sulfone groups is 1. The van der Waals surface area contributed by atoms with Gasteiger partial charge < -0.3 is 15.4 Å². The molecule has 0 saturated heterocycles. The van der Waals surface area contributed by atoms with E-state index in [0.717, 1.165) is 31.4 Å². The highest BCUT2D eigenvalue weighted by Crippen LogP contribution is 2.16. The van der Waals surface area contributed by atoms with Crippen molar-refractivity contribution >= 4 is 39.8 Å². The van der Waals surface area contributed by atoms with E-state index in [1.807, 2.05) is 31.2 Å². The molecule has 0 aliphatic carbocycles. The zero-order valence-electron chi connectivity index (χ0n) is 18.2. The van der Waals surface area contributed by atoms with E-state index in [4.69, 9.17) is 4.74 Å². The summed E-state index contributed by atoms with van der Waals surface area (Å²) in [5, 5.41) is 6.43. The van der Waals surface area contributed by atoms with Crippen LogP contribution in [0.25, 0.3) is 0 Å². The van der Waals surface area contributed by atoms with Gasteiger partial charge in [0.05, 0.1) is 19.4 Å². The lowest BCUT2D eigenvalue weighted by atomic mass is 10.1. The molecule has 2 aromatic rings. The van der Waals surface area contributed by atoms with Gasteiger partial charge in [0.25, 0.3) is 0 Å². The summed E-state index contributed by atoms with van der Waals surface area (Å²) in [6.07, 6.45) is 2.99. The van der Waals surface area contributed by atoms with E-state index < -0.39 is 15.7 Å². The number of rotatable bonds is 10. The largest absolute Gasteiger partial charge is 0.497 e. The number of benzene rings is 2. The van der Waals surface area contributed by atoms with Gasteiger partial charge in [0.2, 0.25) is 0 Å². The molecular formula is C22H31FIN3O3S. The average Bonchev–Trinajstić information content (AvgIpc) is 2.70. The highest BCUT2D eigenvalue weighted by molar-refractivity contribution is 14.0. The topological polar surface area (TPSA) is 79.8 Å². The van der Waals surface area contributed by atoms with Crippen LogP contribution in [-0.2, 0) is 28.6 Å². The first-order valence-corrected chi connectivity index (χ1v) is 12.0. The van der Waals surface area contributed by atoms with Gasteiger partial charge in [0.1, 0.15) is 11.6 Å². The molecule has 0 unspecified atom stereocenters. The van der Waals surface area contributed by atoms with Gasteiger partial charge in [0, 0.05) is 19.3 Å². The molecule has 0 aliphatic heterocycles. The molecule has 0 aromatic heterocycles. The van der Waals surface area contributed by atoms with Crippen LogP contribution in [0, 0.1) is 5.82 Å². The fraction of sp³-hybridized carbons (Fsp3) is 0.409. The average molecular weight is 563 g/mol. The molecule has 0 amide bonds. The van der Waals surface area contributed by atoms with E-state index in [9.17, 15) is 12.8 Å². The first-order chi connectivity index (χ1) is 14.3. The maximum absolute atomic E-state index is 13.7. The molecule has 9 heteroatoms. The van der Waals surface area contributed by atoms with Gasteiger partial charge in [-0.3, -0.25) is 0 Å². The number of halogens is 2. The van der Waals surface area contributed by atoms with E-state index in [-0.39, 0.29) is 36.3 Å². The fourth-order valence-corrected chi connectivity index (χ4v) is 3.81.